The molecule has 0 bridgehead atoms. The van der Waals surface area contributed by atoms with E-state index in [9.17, 15) is 8.42 Å². The molecule has 1 heterocycles. The van der Waals surface area contributed by atoms with Crippen LogP contribution in [0.3, 0.4) is 0 Å². The first-order chi connectivity index (χ1) is 9.38. The van der Waals surface area contributed by atoms with E-state index in [0.29, 0.717) is 11.3 Å². The van der Waals surface area contributed by atoms with Gasteiger partial charge in [0.25, 0.3) is 0 Å². The first kappa shape index (κ1) is 14.8. The molecular formula is C15H19NO3S. The highest BCUT2D eigenvalue weighted by atomic mass is 32.2. The average molecular weight is 293 g/mol. The summed E-state index contributed by atoms with van der Waals surface area (Å²) < 4.78 is 32.3. The molecule has 0 saturated carbocycles. The van der Waals surface area contributed by atoms with Gasteiger partial charge in [0.2, 0.25) is 10.0 Å². The summed E-state index contributed by atoms with van der Waals surface area (Å²) in [6.45, 7) is 5.70. The summed E-state index contributed by atoms with van der Waals surface area (Å²) >= 11 is 0. The number of nitrogens with one attached hydrogen (secondary N) is 1. The van der Waals surface area contributed by atoms with Gasteiger partial charge in [0.15, 0.2) is 0 Å². The third-order valence-corrected chi connectivity index (χ3v) is 4.85. The zero-order chi connectivity index (χ0) is 14.8. The Bertz CT molecular complexity index is 675. The Morgan fingerprint density at radius 2 is 1.95 bits per heavy atom. The molecule has 0 aliphatic heterocycles. The van der Waals surface area contributed by atoms with Gasteiger partial charge in [-0.2, -0.15) is 0 Å². The van der Waals surface area contributed by atoms with Gasteiger partial charge < -0.3 is 4.42 Å². The first-order valence-corrected chi connectivity index (χ1v) is 7.97. The summed E-state index contributed by atoms with van der Waals surface area (Å²) in [6.07, 6.45) is 3.81. The van der Waals surface area contributed by atoms with Gasteiger partial charge in [0.1, 0.15) is 0 Å². The number of sulfonamides is 1. The highest BCUT2D eigenvalue weighted by Crippen LogP contribution is 2.15. The molecule has 1 N–H and O–H groups in total. The first-order valence-electron chi connectivity index (χ1n) is 6.49. The fourth-order valence-corrected chi connectivity index (χ4v) is 3.35. The van der Waals surface area contributed by atoms with Gasteiger partial charge in [0.05, 0.1) is 17.4 Å². The molecule has 1 aromatic heterocycles. The quantitative estimate of drug-likeness (QED) is 0.922. The molecule has 1 aromatic carbocycles. The monoisotopic (exact) mass is 293 g/mol. The summed E-state index contributed by atoms with van der Waals surface area (Å²) in [5.41, 5.74) is 3.02. The molecule has 1 atom stereocenters. The van der Waals surface area contributed by atoms with Crippen molar-refractivity contribution in [2.24, 2.45) is 0 Å². The molecule has 0 saturated heterocycles. The minimum atomic E-state index is -3.48. The maximum absolute atomic E-state index is 12.3. The molecule has 0 amide bonds. The van der Waals surface area contributed by atoms with E-state index < -0.39 is 10.0 Å². The largest absolute Gasteiger partial charge is 0.472 e. The smallest absolute Gasteiger partial charge is 0.240 e. The molecule has 2 aromatic rings. The lowest BCUT2D eigenvalue weighted by atomic mass is 10.1. The predicted molar refractivity (Wildman–Crippen MR) is 78.1 cm³/mol. The summed E-state index contributed by atoms with van der Waals surface area (Å²) in [7, 11) is -3.48. The van der Waals surface area contributed by atoms with E-state index in [-0.39, 0.29) is 6.04 Å². The number of rotatable bonds is 5. The van der Waals surface area contributed by atoms with E-state index in [4.69, 9.17) is 4.42 Å². The van der Waals surface area contributed by atoms with E-state index in [1.807, 2.05) is 32.9 Å². The minimum Gasteiger partial charge on any atom is -0.472 e. The predicted octanol–water partition coefficient (Wildman–Crippen LogP) is 2.81. The van der Waals surface area contributed by atoms with Gasteiger partial charge in [-0.1, -0.05) is 6.07 Å². The highest BCUT2D eigenvalue weighted by Gasteiger charge is 2.18. The molecule has 20 heavy (non-hydrogen) atoms. The third kappa shape index (κ3) is 3.49. The lowest BCUT2D eigenvalue weighted by Gasteiger charge is -2.14. The van der Waals surface area contributed by atoms with Crippen molar-refractivity contribution in [2.45, 2.75) is 38.1 Å². The number of hydrogen-bond acceptors (Lipinski definition) is 3. The van der Waals surface area contributed by atoms with Crippen LogP contribution in [0.15, 0.2) is 46.1 Å². The van der Waals surface area contributed by atoms with E-state index in [0.717, 1.165) is 16.7 Å². The fourth-order valence-electron chi connectivity index (χ4n) is 2.02. The number of benzene rings is 1. The lowest BCUT2D eigenvalue weighted by Crippen LogP contribution is -2.34. The zero-order valence-corrected chi connectivity index (χ0v) is 12.7. The van der Waals surface area contributed by atoms with Gasteiger partial charge in [-0.15, -0.1) is 0 Å². The van der Waals surface area contributed by atoms with Crippen LogP contribution in [-0.2, 0) is 16.4 Å². The van der Waals surface area contributed by atoms with Crippen LogP contribution in [0.4, 0.5) is 0 Å². The summed E-state index contributed by atoms with van der Waals surface area (Å²) in [4.78, 5) is 0.305. The van der Waals surface area contributed by atoms with Crippen molar-refractivity contribution in [2.75, 3.05) is 0 Å². The van der Waals surface area contributed by atoms with Crippen LogP contribution < -0.4 is 4.72 Å². The Hall–Kier alpha value is -1.59. The van der Waals surface area contributed by atoms with Crippen LogP contribution in [0.1, 0.15) is 23.6 Å². The van der Waals surface area contributed by atoms with Crippen LogP contribution in [0.5, 0.6) is 0 Å². The topological polar surface area (TPSA) is 59.3 Å². The SMILES string of the molecule is Cc1ccc(S(=O)(=O)N[C@@H](C)Cc2ccoc2)cc1C. The Kier molecular flexibility index (Phi) is 4.30. The second-order valence-corrected chi connectivity index (χ2v) is 6.82. The van der Waals surface area contributed by atoms with Crippen LogP contribution in [0.2, 0.25) is 0 Å². The van der Waals surface area contributed by atoms with Crippen molar-refractivity contribution < 1.29 is 12.8 Å². The second-order valence-electron chi connectivity index (χ2n) is 5.10. The molecule has 0 spiro atoms. The lowest BCUT2D eigenvalue weighted by molar-refractivity contribution is 0.549. The molecule has 4 nitrogen and oxygen atoms in total. The normalized spacial score (nSPS) is 13.3. The molecule has 0 aliphatic carbocycles. The number of hydrogen-bond donors (Lipinski definition) is 1. The van der Waals surface area contributed by atoms with Crippen molar-refractivity contribution in [3.8, 4) is 0 Å². The van der Waals surface area contributed by atoms with Gasteiger partial charge >= 0.3 is 0 Å². The van der Waals surface area contributed by atoms with E-state index in [1.165, 1.54) is 0 Å². The van der Waals surface area contributed by atoms with E-state index in [1.54, 1.807) is 24.7 Å². The number of furan rings is 1. The minimum absolute atomic E-state index is 0.195. The Morgan fingerprint density at radius 3 is 2.55 bits per heavy atom. The van der Waals surface area contributed by atoms with Crippen molar-refractivity contribution in [3.63, 3.8) is 0 Å². The molecule has 108 valence electrons. The molecule has 5 heteroatoms. The zero-order valence-electron chi connectivity index (χ0n) is 11.9. The fraction of sp³-hybridized carbons (Fsp3) is 0.333. The Morgan fingerprint density at radius 1 is 1.20 bits per heavy atom. The second kappa shape index (κ2) is 5.81. The summed E-state index contributed by atoms with van der Waals surface area (Å²) in [6, 6.07) is 6.79. The molecular weight excluding hydrogens is 274 g/mol. The van der Waals surface area contributed by atoms with Gasteiger partial charge in [-0.05, 0) is 62.1 Å². The van der Waals surface area contributed by atoms with Crippen molar-refractivity contribution >= 4 is 10.0 Å². The highest BCUT2D eigenvalue weighted by molar-refractivity contribution is 7.89. The van der Waals surface area contributed by atoms with Crippen LogP contribution in [0.25, 0.3) is 0 Å². The summed E-state index contributed by atoms with van der Waals surface area (Å²) in [5, 5.41) is 0. The van der Waals surface area contributed by atoms with Gasteiger partial charge in [0, 0.05) is 6.04 Å². The molecule has 0 radical (unpaired) electrons. The van der Waals surface area contributed by atoms with Crippen molar-refractivity contribution in [1.29, 1.82) is 0 Å². The molecule has 0 aliphatic rings. The standard InChI is InChI=1S/C15H19NO3S/c1-11-4-5-15(8-12(11)2)20(17,18)16-13(3)9-14-6-7-19-10-14/h4-8,10,13,16H,9H2,1-3H3/t13-/m0/s1. The van der Waals surface area contributed by atoms with Crippen LogP contribution in [-0.4, -0.2) is 14.5 Å². The number of aryl methyl sites for hydroxylation is 2. The molecule has 0 fully saturated rings. The van der Waals surface area contributed by atoms with E-state index in [2.05, 4.69) is 4.72 Å². The van der Waals surface area contributed by atoms with Gasteiger partial charge in [-0.25, -0.2) is 13.1 Å². The Balaban J connectivity index is 2.12. The Labute approximate surface area is 119 Å². The van der Waals surface area contributed by atoms with Crippen LogP contribution in [0, 0.1) is 13.8 Å². The maximum Gasteiger partial charge on any atom is 0.240 e. The van der Waals surface area contributed by atoms with Crippen LogP contribution >= 0.6 is 0 Å². The molecule has 0 unspecified atom stereocenters. The molecule has 2 rings (SSSR count). The van der Waals surface area contributed by atoms with Crippen molar-refractivity contribution in [1.82, 2.24) is 4.72 Å². The van der Waals surface area contributed by atoms with Gasteiger partial charge in [-0.3, -0.25) is 0 Å². The third-order valence-electron chi connectivity index (χ3n) is 3.27. The summed E-state index contributed by atoms with van der Waals surface area (Å²) in [5.74, 6) is 0. The average Bonchev–Trinajstić information content (AvgIpc) is 2.84. The maximum atomic E-state index is 12.3. The van der Waals surface area contributed by atoms with Crippen molar-refractivity contribution in [3.05, 3.63) is 53.5 Å². The van der Waals surface area contributed by atoms with E-state index >= 15 is 0 Å².